The normalized spacial score (nSPS) is 10.5. The first kappa shape index (κ1) is 10.4. The summed E-state index contributed by atoms with van der Waals surface area (Å²) in [6, 6.07) is 12.0. The third-order valence-electron chi connectivity index (χ3n) is 2.28. The minimum Gasteiger partial charge on any atom is -0.382 e. The third kappa shape index (κ3) is 2.12. The molecule has 0 aliphatic rings. The average molecular weight is 268 g/mol. The van der Waals surface area contributed by atoms with E-state index in [-0.39, 0.29) is 6.67 Å². The second kappa shape index (κ2) is 4.62. The van der Waals surface area contributed by atoms with Gasteiger partial charge in [-0.05, 0) is 17.5 Å². The molecule has 0 amide bonds. The molecule has 78 valence electrons. The minimum atomic E-state index is -0.357. The Morgan fingerprint density at radius 3 is 2.53 bits per heavy atom. The molecule has 3 heteroatoms. The van der Waals surface area contributed by atoms with Crippen LogP contribution in [0.4, 0.5) is 10.1 Å². The van der Waals surface area contributed by atoms with Crippen LogP contribution in [0.15, 0.2) is 40.9 Å². The van der Waals surface area contributed by atoms with Gasteiger partial charge in [-0.3, -0.25) is 0 Å². The maximum Gasteiger partial charge on any atom is 0.107 e. The Bertz CT molecular complexity index is 470. The van der Waals surface area contributed by atoms with Crippen LogP contribution >= 0.6 is 15.9 Å². The molecule has 0 heterocycles. The third-order valence-corrected chi connectivity index (χ3v) is 2.97. The van der Waals surface area contributed by atoms with Crippen molar-refractivity contribution in [2.24, 2.45) is 0 Å². The molecular formula is C12H11BrFN. The van der Waals surface area contributed by atoms with Crippen molar-refractivity contribution in [2.75, 3.05) is 18.5 Å². The Morgan fingerprint density at radius 2 is 1.80 bits per heavy atom. The smallest absolute Gasteiger partial charge is 0.107 e. The molecule has 2 aromatic carbocycles. The van der Waals surface area contributed by atoms with E-state index in [0.29, 0.717) is 6.54 Å². The van der Waals surface area contributed by atoms with Crippen molar-refractivity contribution in [3.8, 4) is 0 Å². The zero-order chi connectivity index (χ0) is 10.7. The molecule has 0 spiro atoms. The van der Waals surface area contributed by atoms with Gasteiger partial charge in [0.05, 0.1) is 0 Å². The Hall–Kier alpha value is -1.09. The van der Waals surface area contributed by atoms with E-state index in [0.717, 1.165) is 20.9 Å². The predicted molar refractivity (Wildman–Crippen MR) is 66.1 cm³/mol. The van der Waals surface area contributed by atoms with Gasteiger partial charge in [0.15, 0.2) is 0 Å². The summed E-state index contributed by atoms with van der Waals surface area (Å²) in [4.78, 5) is 0. The van der Waals surface area contributed by atoms with Gasteiger partial charge in [0, 0.05) is 22.1 Å². The van der Waals surface area contributed by atoms with Gasteiger partial charge < -0.3 is 5.32 Å². The van der Waals surface area contributed by atoms with Crippen molar-refractivity contribution < 1.29 is 4.39 Å². The average Bonchev–Trinajstić information content (AvgIpc) is 2.29. The van der Waals surface area contributed by atoms with E-state index in [9.17, 15) is 4.39 Å². The standard InChI is InChI=1S/C12H11BrFN/c13-11-5-6-12(15-8-7-14)10-4-2-1-3-9(10)11/h1-6,15H,7-8H2. The predicted octanol–water partition coefficient (Wildman–Crippen LogP) is 3.98. The van der Waals surface area contributed by atoms with Crippen molar-refractivity contribution in [1.82, 2.24) is 0 Å². The number of halogens is 2. The molecule has 0 saturated heterocycles. The number of hydrogen-bond donors (Lipinski definition) is 1. The van der Waals surface area contributed by atoms with Crippen LogP contribution in [0.3, 0.4) is 0 Å². The van der Waals surface area contributed by atoms with Crippen LogP contribution in [0.25, 0.3) is 10.8 Å². The molecule has 0 bridgehead atoms. The molecule has 0 aliphatic heterocycles. The van der Waals surface area contributed by atoms with Crippen LogP contribution in [0.2, 0.25) is 0 Å². The van der Waals surface area contributed by atoms with E-state index in [1.807, 2.05) is 36.4 Å². The summed E-state index contributed by atoms with van der Waals surface area (Å²) >= 11 is 3.50. The van der Waals surface area contributed by atoms with Crippen LogP contribution < -0.4 is 5.32 Å². The Labute approximate surface area is 96.4 Å². The van der Waals surface area contributed by atoms with E-state index < -0.39 is 0 Å². The Kier molecular flexibility index (Phi) is 3.21. The second-order valence-electron chi connectivity index (χ2n) is 3.26. The summed E-state index contributed by atoms with van der Waals surface area (Å²) < 4.78 is 13.1. The minimum absolute atomic E-state index is 0.353. The lowest BCUT2D eigenvalue weighted by molar-refractivity contribution is 0.513. The maximum atomic E-state index is 12.1. The van der Waals surface area contributed by atoms with Crippen molar-refractivity contribution in [1.29, 1.82) is 0 Å². The monoisotopic (exact) mass is 267 g/mol. The van der Waals surface area contributed by atoms with Gasteiger partial charge in [-0.2, -0.15) is 0 Å². The highest BCUT2D eigenvalue weighted by molar-refractivity contribution is 9.10. The van der Waals surface area contributed by atoms with Gasteiger partial charge in [0.25, 0.3) is 0 Å². The first-order chi connectivity index (χ1) is 7.33. The number of fused-ring (bicyclic) bond motifs is 1. The van der Waals surface area contributed by atoms with Crippen molar-refractivity contribution >= 4 is 32.4 Å². The summed E-state index contributed by atoms with van der Waals surface area (Å²) in [5, 5.41) is 5.32. The summed E-state index contributed by atoms with van der Waals surface area (Å²) in [6.07, 6.45) is 0. The molecule has 0 saturated carbocycles. The topological polar surface area (TPSA) is 12.0 Å². The van der Waals surface area contributed by atoms with Crippen molar-refractivity contribution in [2.45, 2.75) is 0 Å². The highest BCUT2D eigenvalue weighted by Gasteiger charge is 2.02. The summed E-state index contributed by atoms with van der Waals surface area (Å²) in [6.45, 7) is -0.00395. The first-order valence-electron chi connectivity index (χ1n) is 4.80. The number of anilines is 1. The molecule has 1 N–H and O–H groups in total. The van der Waals surface area contributed by atoms with Gasteiger partial charge in [0.2, 0.25) is 0 Å². The number of alkyl halides is 1. The molecule has 0 aliphatic carbocycles. The van der Waals surface area contributed by atoms with Gasteiger partial charge >= 0.3 is 0 Å². The SMILES string of the molecule is FCCNc1ccc(Br)c2ccccc12. The van der Waals surface area contributed by atoms with Gasteiger partial charge in [0.1, 0.15) is 6.67 Å². The molecule has 0 fully saturated rings. The highest BCUT2D eigenvalue weighted by atomic mass is 79.9. The number of rotatable bonds is 3. The number of hydrogen-bond acceptors (Lipinski definition) is 1. The van der Waals surface area contributed by atoms with E-state index in [2.05, 4.69) is 21.2 Å². The number of nitrogens with one attached hydrogen (secondary N) is 1. The zero-order valence-corrected chi connectivity index (χ0v) is 9.72. The molecule has 0 aromatic heterocycles. The quantitative estimate of drug-likeness (QED) is 0.887. The summed E-state index contributed by atoms with van der Waals surface area (Å²) in [5.41, 5.74) is 0.978. The Morgan fingerprint density at radius 1 is 1.07 bits per heavy atom. The van der Waals surface area contributed by atoms with Crippen LogP contribution in [-0.4, -0.2) is 13.2 Å². The molecule has 0 unspecified atom stereocenters. The maximum absolute atomic E-state index is 12.1. The fraction of sp³-hybridized carbons (Fsp3) is 0.167. The van der Waals surface area contributed by atoms with E-state index in [1.54, 1.807) is 0 Å². The fourth-order valence-electron chi connectivity index (χ4n) is 1.60. The summed E-state index contributed by atoms with van der Waals surface area (Å²) in [7, 11) is 0. The van der Waals surface area contributed by atoms with Crippen LogP contribution in [0.5, 0.6) is 0 Å². The van der Waals surface area contributed by atoms with Gasteiger partial charge in [-0.15, -0.1) is 0 Å². The molecule has 0 atom stereocenters. The largest absolute Gasteiger partial charge is 0.382 e. The molecule has 1 nitrogen and oxygen atoms in total. The fourth-order valence-corrected chi connectivity index (χ4v) is 2.08. The molecule has 0 radical (unpaired) electrons. The van der Waals surface area contributed by atoms with Crippen LogP contribution in [0, 0.1) is 0 Å². The van der Waals surface area contributed by atoms with Crippen LogP contribution in [0.1, 0.15) is 0 Å². The van der Waals surface area contributed by atoms with E-state index in [1.165, 1.54) is 0 Å². The number of benzene rings is 2. The van der Waals surface area contributed by atoms with E-state index >= 15 is 0 Å². The van der Waals surface area contributed by atoms with Gasteiger partial charge in [-0.1, -0.05) is 40.2 Å². The lowest BCUT2D eigenvalue weighted by Crippen LogP contribution is -2.03. The van der Waals surface area contributed by atoms with Crippen LogP contribution in [-0.2, 0) is 0 Å². The molecule has 2 aromatic rings. The molecule has 2 rings (SSSR count). The second-order valence-corrected chi connectivity index (χ2v) is 4.11. The zero-order valence-electron chi connectivity index (χ0n) is 8.13. The Balaban J connectivity index is 2.51. The lowest BCUT2D eigenvalue weighted by atomic mass is 10.1. The molecular weight excluding hydrogens is 257 g/mol. The highest BCUT2D eigenvalue weighted by Crippen LogP contribution is 2.29. The van der Waals surface area contributed by atoms with Gasteiger partial charge in [-0.25, -0.2) is 4.39 Å². The molecule has 15 heavy (non-hydrogen) atoms. The first-order valence-corrected chi connectivity index (χ1v) is 5.59. The van der Waals surface area contributed by atoms with E-state index in [4.69, 9.17) is 0 Å². The van der Waals surface area contributed by atoms with Crippen molar-refractivity contribution in [3.05, 3.63) is 40.9 Å². The lowest BCUT2D eigenvalue weighted by Gasteiger charge is -2.09. The van der Waals surface area contributed by atoms with Crippen molar-refractivity contribution in [3.63, 3.8) is 0 Å². The summed E-state index contributed by atoms with van der Waals surface area (Å²) in [5.74, 6) is 0.